The maximum Gasteiger partial charge on any atom is 0.238 e. The van der Waals surface area contributed by atoms with Crippen LogP contribution < -0.4 is 5.06 Å². The number of amides is 1. The highest BCUT2D eigenvalue weighted by Gasteiger charge is 2.01. The third kappa shape index (κ3) is 2.07. The summed E-state index contributed by atoms with van der Waals surface area (Å²) in [7, 11) is 0. The fourth-order valence-corrected chi connectivity index (χ4v) is 0.826. The maximum atomic E-state index is 10.5. The molecule has 0 saturated carbocycles. The van der Waals surface area contributed by atoms with Gasteiger partial charge in [0.15, 0.2) is 0 Å². The van der Waals surface area contributed by atoms with E-state index in [0.717, 1.165) is 0 Å². The fraction of sp³-hybridized carbons (Fsp3) is 0.222. The van der Waals surface area contributed by atoms with Gasteiger partial charge in [0.2, 0.25) is 6.41 Å². The molecule has 1 amide bonds. The average molecular weight is 164 g/mol. The molecule has 0 atom stereocenters. The SMILES string of the molecule is CCON(C=O)c1c[c]ccc1. The van der Waals surface area contributed by atoms with Crippen LogP contribution in [-0.4, -0.2) is 13.0 Å². The number of hydroxylamine groups is 1. The molecule has 1 radical (unpaired) electrons. The molecule has 0 heterocycles. The molecule has 1 aromatic rings. The number of hydrogen-bond donors (Lipinski definition) is 0. The average Bonchev–Trinajstić information content (AvgIpc) is 2.15. The van der Waals surface area contributed by atoms with E-state index in [1.54, 1.807) is 24.3 Å². The first-order chi connectivity index (χ1) is 5.88. The molecule has 0 saturated heterocycles. The predicted molar refractivity (Wildman–Crippen MR) is 45.4 cm³/mol. The molecule has 3 nitrogen and oxygen atoms in total. The van der Waals surface area contributed by atoms with Crippen molar-refractivity contribution in [1.82, 2.24) is 0 Å². The smallest absolute Gasteiger partial charge is 0.238 e. The number of nitrogens with zero attached hydrogens (tertiary/aromatic N) is 1. The van der Waals surface area contributed by atoms with Crippen molar-refractivity contribution in [2.24, 2.45) is 0 Å². The highest BCUT2D eigenvalue weighted by atomic mass is 16.7. The Kier molecular flexibility index (Phi) is 3.29. The standard InChI is InChI=1S/C9H10NO2/c1-2-12-10(8-11)9-6-4-3-5-7-9/h3-4,6-8H,2H2,1H3. The van der Waals surface area contributed by atoms with Gasteiger partial charge in [0.05, 0.1) is 12.3 Å². The Labute approximate surface area is 71.5 Å². The molecule has 0 unspecified atom stereocenters. The molecule has 1 rings (SSSR count). The monoisotopic (exact) mass is 164 g/mol. The van der Waals surface area contributed by atoms with Crippen LogP contribution in [0.2, 0.25) is 0 Å². The Bertz CT molecular complexity index is 236. The summed E-state index contributed by atoms with van der Waals surface area (Å²) in [6, 6.07) is 9.88. The second kappa shape index (κ2) is 4.51. The molecule has 0 aromatic heterocycles. The number of carbonyl (C=O) groups is 1. The van der Waals surface area contributed by atoms with Crippen LogP contribution in [0.4, 0.5) is 5.69 Å². The Morgan fingerprint density at radius 2 is 2.58 bits per heavy atom. The second-order valence-electron chi connectivity index (χ2n) is 2.11. The molecule has 0 fully saturated rings. The van der Waals surface area contributed by atoms with Gasteiger partial charge < -0.3 is 0 Å². The van der Waals surface area contributed by atoms with Crippen molar-refractivity contribution < 1.29 is 9.63 Å². The molecule has 0 aliphatic rings. The van der Waals surface area contributed by atoms with E-state index < -0.39 is 0 Å². The van der Waals surface area contributed by atoms with E-state index in [4.69, 9.17) is 4.84 Å². The van der Waals surface area contributed by atoms with Crippen LogP contribution in [0.25, 0.3) is 0 Å². The molecule has 12 heavy (non-hydrogen) atoms. The predicted octanol–water partition coefficient (Wildman–Crippen LogP) is 1.40. The van der Waals surface area contributed by atoms with Crippen molar-refractivity contribution in [3.63, 3.8) is 0 Å². The van der Waals surface area contributed by atoms with Crippen molar-refractivity contribution in [1.29, 1.82) is 0 Å². The van der Waals surface area contributed by atoms with E-state index in [1.165, 1.54) is 5.06 Å². The third-order valence-corrected chi connectivity index (χ3v) is 1.31. The van der Waals surface area contributed by atoms with E-state index in [0.29, 0.717) is 18.7 Å². The van der Waals surface area contributed by atoms with E-state index >= 15 is 0 Å². The van der Waals surface area contributed by atoms with Gasteiger partial charge >= 0.3 is 0 Å². The molecule has 0 aliphatic heterocycles. The van der Waals surface area contributed by atoms with E-state index in [2.05, 4.69) is 6.07 Å². The van der Waals surface area contributed by atoms with Crippen LogP contribution in [0, 0.1) is 6.07 Å². The van der Waals surface area contributed by atoms with Crippen molar-refractivity contribution in [2.45, 2.75) is 6.92 Å². The lowest BCUT2D eigenvalue weighted by Gasteiger charge is -2.14. The van der Waals surface area contributed by atoms with Crippen LogP contribution >= 0.6 is 0 Å². The summed E-state index contributed by atoms with van der Waals surface area (Å²) in [4.78, 5) is 15.5. The lowest BCUT2D eigenvalue weighted by atomic mass is 10.3. The molecular weight excluding hydrogens is 154 g/mol. The molecule has 63 valence electrons. The first kappa shape index (κ1) is 8.74. The lowest BCUT2D eigenvalue weighted by Crippen LogP contribution is -2.20. The van der Waals surface area contributed by atoms with Gasteiger partial charge in [-0.15, -0.1) is 0 Å². The zero-order chi connectivity index (χ0) is 8.81. The molecule has 1 aromatic carbocycles. The summed E-state index contributed by atoms with van der Waals surface area (Å²) in [5.74, 6) is 0. The minimum Gasteiger partial charge on any atom is -0.276 e. The number of hydrogen-bond acceptors (Lipinski definition) is 2. The van der Waals surface area contributed by atoms with Gasteiger partial charge in [0.25, 0.3) is 0 Å². The summed E-state index contributed by atoms with van der Waals surface area (Å²) in [5, 5.41) is 1.18. The van der Waals surface area contributed by atoms with Gasteiger partial charge in [-0.05, 0) is 25.1 Å². The van der Waals surface area contributed by atoms with Crippen molar-refractivity contribution in [3.05, 3.63) is 30.3 Å². The van der Waals surface area contributed by atoms with Crippen LogP contribution in [0.15, 0.2) is 24.3 Å². The number of anilines is 1. The molecule has 0 spiro atoms. The minimum absolute atomic E-state index is 0.466. The van der Waals surface area contributed by atoms with Crippen LogP contribution in [-0.2, 0) is 9.63 Å². The van der Waals surface area contributed by atoms with Gasteiger partial charge in [-0.3, -0.25) is 9.63 Å². The Morgan fingerprint density at radius 3 is 3.08 bits per heavy atom. The molecule has 0 aliphatic carbocycles. The Hall–Kier alpha value is -1.35. The topological polar surface area (TPSA) is 29.5 Å². The van der Waals surface area contributed by atoms with Crippen LogP contribution in [0.5, 0.6) is 0 Å². The van der Waals surface area contributed by atoms with Gasteiger partial charge in [-0.25, -0.2) is 0 Å². The fourth-order valence-electron chi connectivity index (χ4n) is 0.826. The number of carbonyl (C=O) groups excluding carboxylic acids is 1. The quantitative estimate of drug-likeness (QED) is 0.497. The molecule has 3 heteroatoms. The minimum atomic E-state index is 0.466. The second-order valence-corrected chi connectivity index (χ2v) is 2.11. The maximum absolute atomic E-state index is 10.5. The first-order valence-electron chi connectivity index (χ1n) is 3.72. The number of rotatable bonds is 4. The molecule has 0 N–H and O–H groups in total. The normalized spacial score (nSPS) is 9.42. The summed E-state index contributed by atoms with van der Waals surface area (Å²) >= 11 is 0. The summed E-state index contributed by atoms with van der Waals surface area (Å²) in [6.07, 6.45) is 0.632. The van der Waals surface area contributed by atoms with Gasteiger partial charge in [0, 0.05) is 0 Å². The van der Waals surface area contributed by atoms with Crippen molar-refractivity contribution >= 4 is 12.1 Å². The summed E-state index contributed by atoms with van der Waals surface area (Å²) in [5.41, 5.74) is 0.689. The zero-order valence-electron chi connectivity index (χ0n) is 6.86. The number of benzene rings is 1. The third-order valence-electron chi connectivity index (χ3n) is 1.31. The van der Waals surface area contributed by atoms with Gasteiger partial charge in [-0.1, -0.05) is 12.1 Å². The van der Waals surface area contributed by atoms with Gasteiger partial charge in [0.1, 0.15) is 0 Å². The van der Waals surface area contributed by atoms with Crippen LogP contribution in [0.3, 0.4) is 0 Å². The highest BCUT2D eigenvalue weighted by molar-refractivity contribution is 5.71. The Balaban J connectivity index is 2.73. The van der Waals surface area contributed by atoms with E-state index in [-0.39, 0.29) is 0 Å². The summed E-state index contributed by atoms with van der Waals surface area (Å²) < 4.78 is 0. The van der Waals surface area contributed by atoms with Crippen molar-refractivity contribution in [3.8, 4) is 0 Å². The molecule has 0 bridgehead atoms. The first-order valence-corrected chi connectivity index (χ1v) is 3.72. The van der Waals surface area contributed by atoms with Crippen molar-refractivity contribution in [2.75, 3.05) is 11.7 Å². The zero-order valence-corrected chi connectivity index (χ0v) is 6.86. The summed E-state index contributed by atoms with van der Waals surface area (Å²) in [6.45, 7) is 2.29. The highest BCUT2D eigenvalue weighted by Crippen LogP contribution is 2.10. The largest absolute Gasteiger partial charge is 0.276 e. The Morgan fingerprint density at radius 1 is 1.75 bits per heavy atom. The van der Waals surface area contributed by atoms with Gasteiger partial charge in [-0.2, -0.15) is 5.06 Å². The van der Waals surface area contributed by atoms with E-state index in [9.17, 15) is 4.79 Å². The van der Waals surface area contributed by atoms with Crippen LogP contribution in [0.1, 0.15) is 6.92 Å². The molecular formula is C9H10NO2. The van der Waals surface area contributed by atoms with E-state index in [1.807, 2.05) is 6.92 Å². The lowest BCUT2D eigenvalue weighted by molar-refractivity contribution is -0.113.